The van der Waals surface area contributed by atoms with Crippen molar-refractivity contribution >= 4 is 10.4 Å². The molecular formula is C9H7F16NO4S. The molecule has 0 aromatic rings. The van der Waals surface area contributed by atoms with E-state index < -0.39 is 64.8 Å². The van der Waals surface area contributed by atoms with Crippen LogP contribution in [0.15, 0.2) is 0 Å². The first kappa shape index (κ1) is 31.9. The molecule has 1 unspecified atom stereocenters. The Morgan fingerprint density at radius 2 is 0.903 bits per heavy atom. The molecule has 0 aliphatic rings. The van der Waals surface area contributed by atoms with Crippen molar-refractivity contribution in [2.75, 3.05) is 0 Å². The molecule has 0 fully saturated rings. The smallest absolute Gasteiger partial charge is 0.267 e. The van der Waals surface area contributed by atoms with Crippen molar-refractivity contribution in [3.8, 4) is 0 Å². The number of nitrogens with two attached hydrogens (primary N) is 1. The number of hydrogen-bond acceptors (Lipinski definition) is 3. The molecule has 1 atom stereocenters. The third kappa shape index (κ3) is 6.84. The maximum Gasteiger partial charge on any atom is 0.394 e. The minimum atomic E-state index is -8.16. The van der Waals surface area contributed by atoms with Crippen LogP contribution in [0.2, 0.25) is 0 Å². The topological polar surface area (TPSA) is 101 Å². The minimum Gasteiger partial charge on any atom is -0.267 e. The highest BCUT2D eigenvalue weighted by molar-refractivity contribution is 7.79. The van der Waals surface area contributed by atoms with Gasteiger partial charge in [-0.25, -0.2) is 4.39 Å². The molecule has 5 nitrogen and oxygen atoms in total. The van der Waals surface area contributed by atoms with Crippen molar-refractivity contribution in [1.29, 1.82) is 0 Å². The number of alkyl halides is 16. The molecule has 0 spiro atoms. The van der Waals surface area contributed by atoms with E-state index in [0.29, 0.717) is 0 Å². The van der Waals surface area contributed by atoms with Crippen LogP contribution in [-0.4, -0.2) is 65.5 Å². The van der Waals surface area contributed by atoms with Gasteiger partial charge in [-0.3, -0.25) is 14.8 Å². The molecular weight excluding hydrogens is 522 g/mol. The molecule has 0 aromatic carbocycles. The van der Waals surface area contributed by atoms with Gasteiger partial charge in [0.05, 0.1) is 6.42 Å². The van der Waals surface area contributed by atoms with E-state index in [9.17, 15) is 70.2 Å². The number of hydrogen-bond donors (Lipinski definition) is 3. The van der Waals surface area contributed by atoms with Gasteiger partial charge in [0.15, 0.2) is 6.17 Å². The van der Waals surface area contributed by atoms with Crippen molar-refractivity contribution in [3.63, 3.8) is 0 Å². The fourth-order valence-electron chi connectivity index (χ4n) is 1.34. The fraction of sp³-hybridized carbons (Fsp3) is 1.00. The van der Waals surface area contributed by atoms with Gasteiger partial charge >= 0.3 is 52.2 Å². The lowest BCUT2D eigenvalue weighted by Gasteiger charge is -2.41. The Morgan fingerprint density at radius 1 is 0.645 bits per heavy atom. The SMILES string of the molecule is NC(F)(F)C(F)(F)C(F)(F)C(F)(F)C(F)(F)C(F)(F)C(F)CC(F)(F)F.O=S(=O)(O)O. The summed E-state index contributed by atoms with van der Waals surface area (Å²) in [6.07, 6.45) is -14.9. The van der Waals surface area contributed by atoms with Crippen LogP contribution in [-0.2, 0) is 10.4 Å². The lowest BCUT2D eigenvalue weighted by Crippen LogP contribution is -2.73. The van der Waals surface area contributed by atoms with Gasteiger partial charge in [-0.05, 0) is 0 Å². The third-order valence-electron chi connectivity index (χ3n) is 2.82. The third-order valence-corrected chi connectivity index (χ3v) is 2.82. The van der Waals surface area contributed by atoms with Crippen molar-refractivity contribution in [2.45, 2.75) is 54.4 Å². The Bertz CT molecular complexity index is 704. The van der Waals surface area contributed by atoms with E-state index in [0.717, 1.165) is 0 Å². The molecule has 190 valence electrons. The second-order valence-corrected chi connectivity index (χ2v) is 6.17. The molecule has 0 saturated heterocycles. The maximum absolute atomic E-state index is 13.0. The van der Waals surface area contributed by atoms with Gasteiger partial charge in [-0.2, -0.15) is 74.3 Å². The van der Waals surface area contributed by atoms with E-state index in [1.165, 1.54) is 0 Å². The van der Waals surface area contributed by atoms with Gasteiger partial charge in [0.2, 0.25) is 0 Å². The summed E-state index contributed by atoms with van der Waals surface area (Å²) in [5, 5.41) is 0. The van der Waals surface area contributed by atoms with Gasteiger partial charge in [-0.1, -0.05) is 0 Å². The zero-order chi connectivity index (χ0) is 26.3. The second-order valence-electron chi connectivity index (χ2n) is 5.28. The molecule has 22 heteroatoms. The quantitative estimate of drug-likeness (QED) is 0.259. The monoisotopic (exact) mass is 529 g/mol. The molecule has 0 heterocycles. The lowest BCUT2D eigenvalue weighted by atomic mass is 9.90. The van der Waals surface area contributed by atoms with Gasteiger partial charge < -0.3 is 0 Å². The van der Waals surface area contributed by atoms with Gasteiger partial charge in [0, 0.05) is 0 Å². The maximum atomic E-state index is 13.0. The predicted octanol–water partition coefficient (Wildman–Crippen LogP) is 4.35. The van der Waals surface area contributed by atoms with Crippen LogP contribution >= 0.6 is 0 Å². The molecule has 31 heavy (non-hydrogen) atoms. The summed E-state index contributed by atoms with van der Waals surface area (Å²) < 4.78 is 233. The Kier molecular flexibility index (Phi) is 8.82. The summed E-state index contributed by atoms with van der Waals surface area (Å²) in [6.45, 7) is 0. The predicted molar refractivity (Wildman–Crippen MR) is 63.6 cm³/mol. The standard InChI is InChI=1S/C9H5F16N.H2O4S/c10-2(1-3(11,12)13)4(14,15)5(16,17)6(18,19)7(20,21)8(22,23)9(24,25)26;1-5(2,3)4/h2H,1,26H2;(H2,1,2,3,4). The van der Waals surface area contributed by atoms with E-state index in [-0.39, 0.29) is 0 Å². The Balaban J connectivity index is 0. The summed E-state index contributed by atoms with van der Waals surface area (Å²) in [7, 11) is -4.67. The number of halogens is 16. The largest absolute Gasteiger partial charge is 0.394 e. The van der Waals surface area contributed by atoms with Crippen LogP contribution in [0.4, 0.5) is 70.2 Å². The summed E-state index contributed by atoms with van der Waals surface area (Å²) >= 11 is 0. The number of rotatable bonds is 7. The Hall–Kier alpha value is -1.29. The Morgan fingerprint density at radius 3 is 1.13 bits per heavy atom. The van der Waals surface area contributed by atoms with Gasteiger partial charge in [-0.15, -0.1) is 0 Å². The summed E-state index contributed by atoms with van der Waals surface area (Å²) in [5.41, 5.74) is 3.14. The second kappa shape index (κ2) is 8.57. The van der Waals surface area contributed by atoms with Crippen LogP contribution < -0.4 is 5.73 Å². The van der Waals surface area contributed by atoms with Crippen LogP contribution in [0, 0.1) is 0 Å². The molecule has 0 aromatic heterocycles. The van der Waals surface area contributed by atoms with Crippen LogP contribution in [0.3, 0.4) is 0 Å². The zero-order valence-electron chi connectivity index (χ0n) is 13.5. The summed E-state index contributed by atoms with van der Waals surface area (Å²) in [4.78, 5) is 0. The molecule has 0 amide bonds. The first-order valence-corrected chi connectivity index (χ1v) is 7.74. The van der Waals surface area contributed by atoms with Crippen molar-refractivity contribution < 1.29 is 87.8 Å². The molecule has 0 aliphatic carbocycles. The van der Waals surface area contributed by atoms with Crippen molar-refractivity contribution in [1.82, 2.24) is 0 Å². The van der Waals surface area contributed by atoms with Gasteiger partial charge in [0.25, 0.3) is 0 Å². The first-order valence-electron chi connectivity index (χ1n) is 6.34. The van der Waals surface area contributed by atoms with E-state index in [1.807, 2.05) is 0 Å². The molecule has 0 rings (SSSR count). The van der Waals surface area contributed by atoms with E-state index in [1.54, 1.807) is 0 Å². The van der Waals surface area contributed by atoms with Crippen LogP contribution in [0.5, 0.6) is 0 Å². The average molecular weight is 529 g/mol. The molecule has 0 bridgehead atoms. The van der Waals surface area contributed by atoms with E-state index >= 15 is 0 Å². The highest BCUT2D eigenvalue weighted by Crippen LogP contribution is 2.60. The lowest BCUT2D eigenvalue weighted by molar-refractivity contribution is -0.429. The normalized spacial score (nSPS) is 16.5. The summed E-state index contributed by atoms with van der Waals surface area (Å²) in [6, 6.07) is -6.66. The van der Waals surface area contributed by atoms with Crippen LogP contribution in [0.1, 0.15) is 6.42 Å². The highest BCUT2D eigenvalue weighted by Gasteiger charge is 2.90. The Labute approximate surface area is 159 Å². The zero-order valence-corrected chi connectivity index (χ0v) is 14.3. The molecule has 0 radical (unpaired) electrons. The van der Waals surface area contributed by atoms with Crippen molar-refractivity contribution in [3.05, 3.63) is 0 Å². The molecule has 0 aliphatic heterocycles. The van der Waals surface area contributed by atoms with E-state index in [4.69, 9.17) is 17.5 Å². The van der Waals surface area contributed by atoms with Crippen LogP contribution in [0.25, 0.3) is 0 Å². The molecule has 4 N–H and O–H groups in total. The first-order chi connectivity index (χ1) is 12.9. The average Bonchev–Trinajstić information content (AvgIpc) is 2.41. The van der Waals surface area contributed by atoms with Crippen molar-refractivity contribution in [2.24, 2.45) is 5.73 Å². The van der Waals surface area contributed by atoms with E-state index in [2.05, 4.69) is 5.73 Å². The fourth-order valence-corrected chi connectivity index (χ4v) is 1.34. The summed E-state index contributed by atoms with van der Waals surface area (Å²) in [5.74, 6) is -39.1. The minimum absolute atomic E-state index is 3.14. The molecule has 0 saturated carbocycles. The highest BCUT2D eigenvalue weighted by atomic mass is 32.3. The van der Waals surface area contributed by atoms with Gasteiger partial charge in [0.1, 0.15) is 0 Å².